The number of para-hydroxylation sites is 1. The zero-order chi connectivity index (χ0) is 12.5. The van der Waals surface area contributed by atoms with Crippen LogP contribution in [-0.4, -0.2) is 24.9 Å². The average molecular weight is 253 g/mol. The third-order valence-electron chi connectivity index (χ3n) is 2.35. The van der Waals surface area contributed by atoms with Crippen molar-refractivity contribution in [2.45, 2.75) is 13.3 Å². The highest BCUT2D eigenvalue weighted by molar-refractivity contribution is 7.97. The van der Waals surface area contributed by atoms with Gasteiger partial charge in [0.05, 0.1) is 0 Å². The summed E-state index contributed by atoms with van der Waals surface area (Å²) in [4.78, 5) is 12.8. The summed E-state index contributed by atoms with van der Waals surface area (Å²) in [6.45, 7) is 4.10. The number of amides is 2. The van der Waals surface area contributed by atoms with Gasteiger partial charge in [-0.3, -0.25) is 4.72 Å². The van der Waals surface area contributed by atoms with Crippen molar-refractivity contribution in [3.63, 3.8) is 0 Å². The first-order chi connectivity index (χ1) is 8.24. The lowest BCUT2D eigenvalue weighted by Gasteiger charge is -2.22. The molecule has 1 aromatic rings. The molecule has 2 amide bonds. The quantitative estimate of drug-likeness (QED) is 0.578. The third kappa shape index (κ3) is 5.49. The molecular weight excluding hydrogens is 234 g/mol. The molecule has 5 heteroatoms. The van der Waals surface area contributed by atoms with E-state index in [0.29, 0.717) is 0 Å². The molecule has 0 unspecified atom stereocenters. The van der Waals surface area contributed by atoms with Crippen LogP contribution >= 0.6 is 11.9 Å². The zero-order valence-corrected chi connectivity index (χ0v) is 10.9. The first-order valence-corrected chi connectivity index (χ1v) is 6.70. The number of hydrogen-bond acceptors (Lipinski definition) is 3. The highest BCUT2D eigenvalue weighted by Gasteiger charge is 2.02. The number of carbonyl (C=O) groups is 1. The van der Waals surface area contributed by atoms with E-state index in [2.05, 4.69) is 28.7 Å². The van der Waals surface area contributed by atoms with E-state index < -0.39 is 6.03 Å². The van der Waals surface area contributed by atoms with E-state index in [4.69, 9.17) is 5.73 Å². The largest absolute Gasteiger partial charge is 0.372 e. The van der Waals surface area contributed by atoms with Crippen LogP contribution < -0.4 is 15.4 Å². The van der Waals surface area contributed by atoms with Crippen LogP contribution in [0, 0.1) is 0 Å². The van der Waals surface area contributed by atoms with E-state index in [-0.39, 0.29) is 0 Å². The molecule has 3 N–H and O–H groups in total. The molecule has 0 heterocycles. The Morgan fingerprint density at radius 3 is 2.71 bits per heavy atom. The van der Waals surface area contributed by atoms with Gasteiger partial charge in [0.15, 0.2) is 0 Å². The van der Waals surface area contributed by atoms with Crippen molar-refractivity contribution >= 4 is 23.7 Å². The molecule has 0 aliphatic heterocycles. The van der Waals surface area contributed by atoms with E-state index in [9.17, 15) is 4.79 Å². The van der Waals surface area contributed by atoms with Crippen LogP contribution in [0.25, 0.3) is 0 Å². The first kappa shape index (κ1) is 13.7. The fourth-order valence-corrected chi connectivity index (χ4v) is 2.08. The van der Waals surface area contributed by atoms with Crippen LogP contribution in [0.5, 0.6) is 0 Å². The molecule has 0 aliphatic carbocycles. The molecule has 4 nitrogen and oxygen atoms in total. The van der Waals surface area contributed by atoms with Gasteiger partial charge in [0.25, 0.3) is 0 Å². The fraction of sp³-hybridized carbons (Fsp3) is 0.417. The molecular formula is C12H19N3OS. The van der Waals surface area contributed by atoms with E-state index in [0.717, 1.165) is 25.3 Å². The summed E-state index contributed by atoms with van der Waals surface area (Å²) in [5.74, 6) is 0.867. The monoisotopic (exact) mass is 253 g/mol. The molecule has 0 saturated carbocycles. The van der Waals surface area contributed by atoms with Gasteiger partial charge in [-0.1, -0.05) is 18.2 Å². The number of benzene rings is 1. The maximum Gasteiger partial charge on any atom is 0.322 e. The van der Waals surface area contributed by atoms with Crippen LogP contribution in [0.3, 0.4) is 0 Å². The van der Waals surface area contributed by atoms with Gasteiger partial charge in [0, 0.05) is 24.5 Å². The molecule has 0 radical (unpaired) electrons. The topological polar surface area (TPSA) is 58.4 Å². The van der Waals surface area contributed by atoms with Gasteiger partial charge >= 0.3 is 6.03 Å². The van der Waals surface area contributed by atoms with Gasteiger partial charge in [-0.15, -0.1) is 0 Å². The minimum Gasteiger partial charge on any atom is -0.372 e. The van der Waals surface area contributed by atoms with Crippen molar-refractivity contribution in [1.29, 1.82) is 0 Å². The van der Waals surface area contributed by atoms with Crippen molar-refractivity contribution in [3.05, 3.63) is 30.3 Å². The van der Waals surface area contributed by atoms with Gasteiger partial charge in [-0.05, 0) is 37.4 Å². The Labute approximate surface area is 107 Å². The summed E-state index contributed by atoms with van der Waals surface area (Å²) in [6, 6.07) is 9.84. The summed E-state index contributed by atoms with van der Waals surface area (Å²) in [7, 11) is 0. The number of rotatable bonds is 7. The maximum absolute atomic E-state index is 10.5. The molecule has 0 aliphatic rings. The normalized spacial score (nSPS) is 9.94. The average Bonchev–Trinajstić information content (AvgIpc) is 2.34. The van der Waals surface area contributed by atoms with E-state index in [1.807, 2.05) is 18.2 Å². The van der Waals surface area contributed by atoms with Crippen LogP contribution in [-0.2, 0) is 0 Å². The van der Waals surface area contributed by atoms with E-state index in [1.165, 1.54) is 17.6 Å². The predicted octanol–water partition coefficient (Wildman–Crippen LogP) is 2.22. The minimum atomic E-state index is -0.481. The number of urea groups is 1. The standard InChI is InChI=1S/C12H19N3OS/c1-2-15(11-7-4-3-5-8-11)9-6-10-17-14-12(13)16/h3-5,7-8H,2,6,9-10H2,1H3,(H3,13,14,16). The summed E-state index contributed by atoms with van der Waals surface area (Å²) in [6.07, 6.45) is 1.01. The Bertz CT molecular complexity index is 332. The Morgan fingerprint density at radius 1 is 1.41 bits per heavy atom. The molecule has 0 saturated heterocycles. The number of nitrogens with two attached hydrogens (primary N) is 1. The van der Waals surface area contributed by atoms with Crippen molar-refractivity contribution in [2.24, 2.45) is 5.73 Å². The Morgan fingerprint density at radius 2 is 2.12 bits per heavy atom. The summed E-state index contributed by atoms with van der Waals surface area (Å²) in [5.41, 5.74) is 6.21. The van der Waals surface area contributed by atoms with Crippen LogP contribution in [0.4, 0.5) is 10.5 Å². The number of anilines is 1. The lowest BCUT2D eigenvalue weighted by atomic mass is 10.3. The number of primary amides is 1. The SMILES string of the molecule is CCN(CCCSNC(N)=O)c1ccccc1. The number of nitrogens with zero attached hydrogens (tertiary/aromatic N) is 1. The molecule has 17 heavy (non-hydrogen) atoms. The molecule has 94 valence electrons. The van der Waals surface area contributed by atoms with E-state index in [1.54, 1.807) is 0 Å². The minimum absolute atomic E-state index is 0.481. The highest BCUT2D eigenvalue weighted by Crippen LogP contribution is 2.13. The first-order valence-electron chi connectivity index (χ1n) is 5.71. The van der Waals surface area contributed by atoms with Gasteiger partial charge in [-0.25, -0.2) is 4.79 Å². The second-order valence-corrected chi connectivity index (χ2v) is 4.48. The van der Waals surface area contributed by atoms with Crippen LogP contribution in [0.1, 0.15) is 13.3 Å². The maximum atomic E-state index is 10.5. The lowest BCUT2D eigenvalue weighted by molar-refractivity contribution is 0.254. The Kier molecular flexibility index (Phi) is 6.32. The van der Waals surface area contributed by atoms with Crippen molar-refractivity contribution in [2.75, 3.05) is 23.7 Å². The Balaban J connectivity index is 2.26. The lowest BCUT2D eigenvalue weighted by Crippen LogP contribution is -2.26. The summed E-state index contributed by atoms with van der Waals surface area (Å²) >= 11 is 1.36. The smallest absolute Gasteiger partial charge is 0.322 e. The summed E-state index contributed by atoms with van der Waals surface area (Å²) < 4.78 is 2.51. The number of hydrogen-bond donors (Lipinski definition) is 2. The fourth-order valence-electron chi connectivity index (χ4n) is 1.56. The Hall–Kier alpha value is -1.36. The zero-order valence-electron chi connectivity index (χ0n) is 10.1. The molecule has 0 atom stereocenters. The summed E-state index contributed by atoms with van der Waals surface area (Å²) in [5, 5.41) is 0. The number of nitrogens with one attached hydrogen (secondary N) is 1. The molecule has 0 bridgehead atoms. The molecule has 1 rings (SSSR count). The second kappa shape index (κ2) is 7.84. The van der Waals surface area contributed by atoms with Gasteiger partial charge in [0.1, 0.15) is 0 Å². The van der Waals surface area contributed by atoms with Crippen molar-refractivity contribution in [1.82, 2.24) is 4.72 Å². The van der Waals surface area contributed by atoms with Crippen LogP contribution in [0.2, 0.25) is 0 Å². The van der Waals surface area contributed by atoms with E-state index >= 15 is 0 Å². The second-order valence-electron chi connectivity index (χ2n) is 3.58. The highest BCUT2D eigenvalue weighted by atomic mass is 32.2. The molecule has 0 fully saturated rings. The van der Waals surface area contributed by atoms with Crippen molar-refractivity contribution in [3.8, 4) is 0 Å². The molecule has 0 aromatic heterocycles. The number of carbonyl (C=O) groups excluding carboxylic acids is 1. The third-order valence-corrected chi connectivity index (χ3v) is 3.19. The van der Waals surface area contributed by atoms with Gasteiger partial charge in [-0.2, -0.15) is 0 Å². The van der Waals surface area contributed by atoms with Gasteiger partial charge < -0.3 is 10.6 Å². The van der Waals surface area contributed by atoms with Gasteiger partial charge in [0.2, 0.25) is 0 Å². The molecule has 0 spiro atoms. The molecule has 1 aromatic carbocycles. The van der Waals surface area contributed by atoms with Crippen molar-refractivity contribution < 1.29 is 4.79 Å². The van der Waals surface area contributed by atoms with Crippen LogP contribution in [0.15, 0.2) is 30.3 Å². The predicted molar refractivity (Wildman–Crippen MR) is 74.1 cm³/mol.